The van der Waals surface area contributed by atoms with E-state index in [1.807, 2.05) is 50.2 Å². The molecule has 0 aromatic heterocycles. The van der Waals surface area contributed by atoms with Crippen LogP contribution < -0.4 is 4.74 Å². The molecule has 1 aliphatic heterocycles. The highest BCUT2D eigenvalue weighted by Crippen LogP contribution is 2.41. The van der Waals surface area contributed by atoms with E-state index in [1.165, 1.54) is 0 Å². The van der Waals surface area contributed by atoms with Crippen LogP contribution in [-0.4, -0.2) is 18.7 Å². The Morgan fingerprint density at radius 3 is 2.12 bits per heavy atom. The fraction of sp³-hybridized carbons (Fsp3) is 0.250. The molecule has 1 fully saturated rings. The third-order valence-corrected chi connectivity index (χ3v) is 4.68. The van der Waals surface area contributed by atoms with Crippen molar-refractivity contribution in [1.29, 1.82) is 0 Å². The Hall–Kier alpha value is -1.97. The SMILES string of the molecule is COc1ccc(C(=C2CC(=O)OC2(C)C)c2cc(Cl)cc(Cl)c2)cc1. The first-order valence-corrected chi connectivity index (χ1v) is 8.62. The number of esters is 1. The maximum absolute atomic E-state index is 11.9. The average molecular weight is 377 g/mol. The van der Waals surface area contributed by atoms with Crippen LogP contribution in [-0.2, 0) is 9.53 Å². The highest BCUT2D eigenvalue weighted by molar-refractivity contribution is 6.35. The van der Waals surface area contributed by atoms with Gasteiger partial charge in [-0.05, 0) is 66.5 Å². The zero-order chi connectivity index (χ0) is 18.2. The third-order valence-electron chi connectivity index (χ3n) is 4.25. The van der Waals surface area contributed by atoms with Crippen LogP contribution in [0.5, 0.6) is 5.75 Å². The maximum Gasteiger partial charge on any atom is 0.310 e. The van der Waals surface area contributed by atoms with Crippen molar-refractivity contribution in [3.63, 3.8) is 0 Å². The third kappa shape index (κ3) is 3.68. The molecule has 0 radical (unpaired) electrons. The molecule has 3 nitrogen and oxygen atoms in total. The van der Waals surface area contributed by atoms with Crippen LogP contribution in [0.25, 0.3) is 5.57 Å². The molecule has 0 N–H and O–H groups in total. The summed E-state index contributed by atoms with van der Waals surface area (Å²) in [6.45, 7) is 3.78. The van der Waals surface area contributed by atoms with Crippen molar-refractivity contribution in [2.75, 3.05) is 7.11 Å². The number of rotatable bonds is 3. The fourth-order valence-electron chi connectivity index (χ4n) is 3.10. The predicted octanol–water partition coefficient (Wildman–Crippen LogP) is 5.53. The summed E-state index contributed by atoms with van der Waals surface area (Å²) in [6.07, 6.45) is 0.235. The van der Waals surface area contributed by atoms with Gasteiger partial charge in [-0.15, -0.1) is 0 Å². The van der Waals surface area contributed by atoms with Crippen molar-refractivity contribution < 1.29 is 14.3 Å². The molecule has 0 atom stereocenters. The summed E-state index contributed by atoms with van der Waals surface area (Å²) >= 11 is 12.4. The predicted molar refractivity (Wildman–Crippen MR) is 100 cm³/mol. The van der Waals surface area contributed by atoms with E-state index < -0.39 is 5.60 Å². The van der Waals surface area contributed by atoms with Gasteiger partial charge in [-0.3, -0.25) is 4.79 Å². The van der Waals surface area contributed by atoms with Gasteiger partial charge in [0.1, 0.15) is 11.4 Å². The number of methoxy groups -OCH3 is 1. The van der Waals surface area contributed by atoms with Crippen LogP contribution in [0.15, 0.2) is 48.0 Å². The van der Waals surface area contributed by atoms with Crippen molar-refractivity contribution in [1.82, 2.24) is 0 Å². The van der Waals surface area contributed by atoms with Crippen LogP contribution in [0.3, 0.4) is 0 Å². The largest absolute Gasteiger partial charge is 0.497 e. The van der Waals surface area contributed by atoms with Gasteiger partial charge in [0.2, 0.25) is 0 Å². The van der Waals surface area contributed by atoms with Crippen LogP contribution in [0.4, 0.5) is 0 Å². The summed E-state index contributed by atoms with van der Waals surface area (Å²) in [7, 11) is 1.62. The van der Waals surface area contributed by atoms with E-state index in [0.717, 1.165) is 28.0 Å². The number of carbonyl (C=O) groups excluding carboxylic acids is 1. The summed E-state index contributed by atoms with van der Waals surface area (Å²) in [5.74, 6) is 0.523. The molecule has 2 aromatic carbocycles. The lowest BCUT2D eigenvalue weighted by molar-refractivity contribution is -0.145. The van der Waals surface area contributed by atoms with Crippen LogP contribution in [0, 0.1) is 0 Å². The van der Waals surface area contributed by atoms with E-state index in [1.54, 1.807) is 13.2 Å². The minimum Gasteiger partial charge on any atom is -0.497 e. The molecule has 2 aromatic rings. The summed E-state index contributed by atoms with van der Waals surface area (Å²) in [4.78, 5) is 11.9. The van der Waals surface area contributed by atoms with E-state index >= 15 is 0 Å². The molecule has 0 saturated carbocycles. The van der Waals surface area contributed by atoms with Crippen molar-refractivity contribution in [3.8, 4) is 5.75 Å². The van der Waals surface area contributed by atoms with Crippen molar-refractivity contribution in [2.45, 2.75) is 25.9 Å². The second-order valence-corrected chi connectivity index (χ2v) is 7.27. The molecule has 1 aliphatic rings. The summed E-state index contributed by atoms with van der Waals surface area (Å²) in [5.41, 5.74) is 2.91. The minimum absolute atomic E-state index is 0.235. The van der Waals surface area contributed by atoms with Gasteiger partial charge in [0.05, 0.1) is 13.5 Å². The topological polar surface area (TPSA) is 35.5 Å². The molecule has 0 unspecified atom stereocenters. The lowest BCUT2D eigenvalue weighted by atomic mass is 9.85. The lowest BCUT2D eigenvalue weighted by Crippen LogP contribution is -2.21. The van der Waals surface area contributed by atoms with E-state index in [-0.39, 0.29) is 12.4 Å². The molecule has 0 spiro atoms. The van der Waals surface area contributed by atoms with Gasteiger partial charge >= 0.3 is 5.97 Å². The number of hydrogen-bond donors (Lipinski definition) is 0. The quantitative estimate of drug-likeness (QED) is 0.660. The Kier molecular flexibility index (Phi) is 4.81. The summed E-state index contributed by atoms with van der Waals surface area (Å²) in [5, 5.41) is 1.08. The smallest absolute Gasteiger partial charge is 0.310 e. The van der Waals surface area contributed by atoms with Gasteiger partial charge in [0.15, 0.2) is 0 Å². The average Bonchev–Trinajstić information content (AvgIpc) is 2.80. The second-order valence-electron chi connectivity index (χ2n) is 6.40. The van der Waals surface area contributed by atoms with E-state index in [2.05, 4.69) is 0 Å². The molecule has 1 saturated heterocycles. The first-order valence-electron chi connectivity index (χ1n) is 7.86. The van der Waals surface area contributed by atoms with Crippen LogP contribution in [0.2, 0.25) is 10.0 Å². The van der Waals surface area contributed by atoms with Gasteiger partial charge < -0.3 is 9.47 Å². The normalized spacial score (nSPS) is 18.0. The second kappa shape index (κ2) is 6.74. The highest BCUT2D eigenvalue weighted by atomic mass is 35.5. The number of hydrogen-bond acceptors (Lipinski definition) is 3. The van der Waals surface area contributed by atoms with Gasteiger partial charge in [-0.25, -0.2) is 0 Å². The summed E-state index contributed by atoms with van der Waals surface area (Å²) in [6, 6.07) is 13.0. The van der Waals surface area contributed by atoms with Crippen LogP contribution in [0.1, 0.15) is 31.4 Å². The Morgan fingerprint density at radius 2 is 1.64 bits per heavy atom. The highest BCUT2D eigenvalue weighted by Gasteiger charge is 2.39. The number of halogens is 2. The number of cyclic esters (lactones) is 1. The molecular weight excluding hydrogens is 359 g/mol. The maximum atomic E-state index is 11.9. The zero-order valence-corrected chi connectivity index (χ0v) is 15.7. The molecule has 130 valence electrons. The Morgan fingerprint density at radius 1 is 1.04 bits per heavy atom. The van der Waals surface area contributed by atoms with Gasteiger partial charge in [0, 0.05) is 10.0 Å². The Labute approximate surface area is 157 Å². The lowest BCUT2D eigenvalue weighted by Gasteiger charge is -2.23. The van der Waals surface area contributed by atoms with E-state index in [9.17, 15) is 4.79 Å². The van der Waals surface area contributed by atoms with E-state index in [4.69, 9.17) is 32.7 Å². The van der Waals surface area contributed by atoms with E-state index in [0.29, 0.717) is 10.0 Å². The van der Waals surface area contributed by atoms with Crippen LogP contribution >= 0.6 is 23.2 Å². The van der Waals surface area contributed by atoms with Crippen molar-refractivity contribution in [3.05, 3.63) is 69.2 Å². The number of benzene rings is 2. The Balaban J connectivity index is 2.26. The standard InChI is InChI=1S/C20H18Cl2O3/c1-20(2)17(11-18(23)25-20)19(12-4-6-16(24-3)7-5-12)13-8-14(21)10-15(22)9-13/h4-10H,11H2,1-3H3. The molecule has 3 rings (SSSR count). The first kappa shape index (κ1) is 17.8. The molecule has 5 heteroatoms. The van der Waals surface area contributed by atoms with Gasteiger partial charge in [-0.1, -0.05) is 35.3 Å². The van der Waals surface area contributed by atoms with Gasteiger partial charge in [-0.2, -0.15) is 0 Å². The monoisotopic (exact) mass is 376 g/mol. The number of ether oxygens (including phenoxy) is 2. The van der Waals surface area contributed by atoms with Gasteiger partial charge in [0.25, 0.3) is 0 Å². The molecule has 25 heavy (non-hydrogen) atoms. The Bertz CT molecular complexity index is 831. The molecular formula is C20H18Cl2O3. The minimum atomic E-state index is -0.693. The van der Waals surface area contributed by atoms with Crippen molar-refractivity contribution >= 4 is 34.7 Å². The van der Waals surface area contributed by atoms with Crippen molar-refractivity contribution in [2.24, 2.45) is 0 Å². The zero-order valence-electron chi connectivity index (χ0n) is 14.2. The fourth-order valence-corrected chi connectivity index (χ4v) is 3.63. The molecule has 0 amide bonds. The summed E-state index contributed by atoms with van der Waals surface area (Å²) < 4.78 is 10.7. The first-order chi connectivity index (χ1) is 11.8. The number of carbonyl (C=O) groups is 1. The molecule has 0 aliphatic carbocycles. The molecule has 0 bridgehead atoms. The molecule has 1 heterocycles.